The van der Waals surface area contributed by atoms with Gasteiger partial charge < -0.3 is 20.0 Å². The SMILES string of the molecule is CC(C)c1c2cc(-c3ccnc(Nc4ccc5c(N6CC7CC6CN7)c(F)c(=O)oc5c4)n3)ccc2nn1C. The van der Waals surface area contributed by atoms with Gasteiger partial charge >= 0.3 is 5.63 Å². The molecule has 0 saturated carbocycles. The van der Waals surface area contributed by atoms with Crippen molar-refractivity contribution >= 4 is 39.2 Å². The van der Waals surface area contributed by atoms with Gasteiger partial charge in [0, 0.05) is 72.2 Å². The van der Waals surface area contributed by atoms with Crippen LogP contribution in [0.15, 0.2) is 57.9 Å². The molecule has 2 N–H and O–H groups in total. The van der Waals surface area contributed by atoms with E-state index in [-0.39, 0.29) is 6.04 Å². The van der Waals surface area contributed by atoms with Crippen molar-refractivity contribution in [1.82, 2.24) is 25.1 Å². The van der Waals surface area contributed by atoms with E-state index in [1.165, 1.54) is 5.69 Å². The van der Waals surface area contributed by atoms with Crippen LogP contribution in [-0.4, -0.2) is 44.9 Å². The van der Waals surface area contributed by atoms with Crippen LogP contribution in [0.1, 0.15) is 31.9 Å². The molecule has 0 aliphatic carbocycles. The van der Waals surface area contributed by atoms with Gasteiger partial charge in [0.25, 0.3) is 0 Å². The van der Waals surface area contributed by atoms with E-state index in [1.54, 1.807) is 18.3 Å². The Kier molecular flexibility index (Phi) is 5.41. The average Bonchev–Trinajstić information content (AvgIpc) is 3.63. The molecule has 2 unspecified atom stereocenters. The fourth-order valence-electron chi connectivity index (χ4n) is 6.13. The highest BCUT2D eigenvalue weighted by molar-refractivity contribution is 5.93. The molecule has 9 nitrogen and oxygen atoms in total. The maximum absolute atomic E-state index is 15.0. The predicted octanol–water partition coefficient (Wildman–Crippen LogP) is 4.69. The van der Waals surface area contributed by atoms with Crippen LogP contribution in [0.5, 0.6) is 0 Å². The third-order valence-corrected chi connectivity index (χ3v) is 7.80. The van der Waals surface area contributed by atoms with Crippen LogP contribution in [0.25, 0.3) is 33.1 Å². The van der Waals surface area contributed by atoms with Crippen LogP contribution < -0.4 is 21.2 Å². The third kappa shape index (κ3) is 3.94. The minimum absolute atomic E-state index is 0.172. The van der Waals surface area contributed by atoms with E-state index in [0.717, 1.165) is 35.1 Å². The van der Waals surface area contributed by atoms with E-state index in [9.17, 15) is 4.79 Å². The van der Waals surface area contributed by atoms with Crippen molar-refractivity contribution in [1.29, 1.82) is 0 Å². The number of aryl methyl sites for hydroxylation is 1. The Morgan fingerprint density at radius 3 is 2.79 bits per heavy atom. The number of anilines is 3. The number of benzene rings is 2. The summed E-state index contributed by atoms with van der Waals surface area (Å²) in [4.78, 5) is 23.5. The molecule has 2 saturated heterocycles. The zero-order valence-corrected chi connectivity index (χ0v) is 21.9. The highest BCUT2D eigenvalue weighted by atomic mass is 19.1. The largest absolute Gasteiger partial charge is 0.420 e. The molecule has 3 aromatic heterocycles. The lowest BCUT2D eigenvalue weighted by atomic mass is 10.0. The maximum atomic E-state index is 15.0. The Labute approximate surface area is 223 Å². The molecule has 5 heterocycles. The first kappa shape index (κ1) is 23.8. The van der Waals surface area contributed by atoms with Crippen molar-refractivity contribution in [2.24, 2.45) is 7.05 Å². The van der Waals surface area contributed by atoms with E-state index in [2.05, 4.69) is 40.6 Å². The number of nitrogens with zero attached hydrogens (tertiary/aromatic N) is 5. The fourth-order valence-corrected chi connectivity index (χ4v) is 6.13. The van der Waals surface area contributed by atoms with Crippen molar-refractivity contribution in [3.8, 4) is 11.3 Å². The van der Waals surface area contributed by atoms with Crippen molar-refractivity contribution in [3.63, 3.8) is 0 Å². The molecule has 5 aromatic rings. The summed E-state index contributed by atoms with van der Waals surface area (Å²) in [6.07, 6.45) is 2.65. The number of nitrogens with one attached hydrogen (secondary N) is 2. The van der Waals surface area contributed by atoms with E-state index in [4.69, 9.17) is 9.40 Å². The first-order valence-electron chi connectivity index (χ1n) is 13.2. The summed E-state index contributed by atoms with van der Waals surface area (Å²) < 4.78 is 22.3. The summed E-state index contributed by atoms with van der Waals surface area (Å²) in [5.74, 6) is -0.107. The summed E-state index contributed by atoms with van der Waals surface area (Å²) in [6.45, 7) is 5.77. The number of hydrogen-bond acceptors (Lipinski definition) is 8. The van der Waals surface area contributed by atoms with Crippen LogP contribution >= 0.6 is 0 Å². The van der Waals surface area contributed by atoms with Gasteiger partial charge in [0.1, 0.15) is 5.58 Å². The highest BCUT2D eigenvalue weighted by Crippen LogP contribution is 2.36. The maximum Gasteiger partial charge on any atom is 0.374 e. The van der Waals surface area contributed by atoms with Crippen molar-refractivity contribution < 1.29 is 8.81 Å². The van der Waals surface area contributed by atoms with Crippen LogP contribution in [0.2, 0.25) is 0 Å². The second-order valence-corrected chi connectivity index (χ2v) is 10.7. The van der Waals surface area contributed by atoms with E-state index >= 15 is 4.39 Å². The number of rotatable bonds is 5. The van der Waals surface area contributed by atoms with Crippen LogP contribution in [0.3, 0.4) is 0 Å². The van der Waals surface area contributed by atoms with Gasteiger partial charge in [0.05, 0.1) is 16.9 Å². The second-order valence-electron chi connectivity index (χ2n) is 10.7. The normalized spacial score (nSPS) is 18.6. The number of piperazine rings is 1. The Hall–Kier alpha value is -4.31. The third-order valence-electron chi connectivity index (χ3n) is 7.80. The standard InChI is InChI=1S/C29H28FN7O2/c1-15(2)26-21-10-16(4-7-23(21)35-36(26)3)22-8-9-31-29(34-22)33-17-5-6-20-24(12-17)39-28(38)25(30)27(20)37-14-18-11-19(37)13-32-18/h4-10,12,15,18-19,32H,11,13-14H2,1-3H3,(H,31,33,34). The lowest BCUT2D eigenvalue weighted by Crippen LogP contribution is -2.44. The minimum Gasteiger partial charge on any atom is -0.420 e. The Morgan fingerprint density at radius 1 is 1.15 bits per heavy atom. The van der Waals surface area contributed by atoms with Gasteiger partial charge in [0.15, 0.2) is 0 Å². The molecule has 2 atom stereocenters. The van der Waals surface area contributed by atoms with Crippen molar-refractivity contribution in [2.75, 3.05) is 23.3 Å². The molecule has 2 aliphatic rings. The van der Waals surface area contributed by atoms with Gasteiger partial charge in [-0.2, -0.15) is 9.49 Å². The fraction of sp³-hybridized carbons (Fsp3) is 0.310. The topological polar surface area (TPSA) is 101 Å². The molecule has 0 spiro atoms. The molecule has 0 radical (unpaired) electrons. The van der Waals surface area contributed by atoms with Gasteiger partial charge in [0.2, 0.25) is 11.8 Å². The van der Waals surface area contributed by atoms with Crippen molar-refractivity contribution in [2.45, 2.75) is 38.3 Å². The molecular formula is C29H28FN7O2. The summed E-state index contributed by atoms with van der Waals surface area (Å²) in [7, 11) is 1.97. The molecule has 2 fully saturated rings. The number of fused-ring (bicyclic) bond motifs is 4. The molecule has 2 aliphatic heterocycles. The summed E-state index contributed by atoms with van der Waals surface area (Å²) in [5.41, 5.74) is 4.16. The molecule has 0 amide bonds. The molecule has 198 valence electrons. The molecular weight excluding hydrogens is 497 g/mol. The average molecular weight is 526 g/mol. The zero-order valence-electron chi connectivity index (χ0n) is 21.9. The lowest BCUT2D eigenvalue weighted by molar-refractivity contribution is 0.480. The number of hydrogen-bond donors (Lipinski definition) is 2. The van der Waals surface area contributed by atoms with Gasteiger partial charge in [-0.25, -0.2) is 14.8 Å². The van der Waals surface area contributed by atoms with Gasteiger partial charge in [-0.3, -0.25) is 4.68 Å². The van der Waals surface area contributed by atoms with Gasteiger partial charge in [-0.15, -0.1) is 0 Å². The van der Waals surface area contributed by atoms with Gasteiger partial charge in [-0.1, -0.05) is 19.9 Å². The number of aromatic nitrogens is 4. The molecule has 10 heteroatoms. The van der Waals surface area contributed by atoms with Gasteiger partial charge in [-0.05, 0) is 42.7 Å². The van der Waals surface area contributed by atoms with Crippen LogP contribution in [0.4, 0.5) is 21.7 Å². The highest BCUT2D eigenvalue weighted by Gasteiger charge is 2.40. The molecule has 2 bridgehead atoms. The lowest BCUT2D eigenvalue weighted by Gasteiger charge is -2.30. The molecule has 7 rings (SSSR count). The Bertz CT molecular complexity index is 1810. The summed E-state index contributed by atoms with van der Waals surface area (Å²) >= 11 is 0. The van der Waals surface area contributed by atoms with E-state index < -0.39 is 11.4 Å². The number of halogens is 1. The Balaban J connectivity index is 1.22. The first-order valence-corrected chi connectivity index (χ1v) is 13.2. The second kappa shape index (κ2) is 8.88. The quantitative estimate of drug-likeness (QED) is 0.319. The predicted molar refractivity (Wildman–Crippen MR) is 149 cm³/mol. The van der Waals surface area contributed by atoms with Crippen molar-refractivity contribution in [3.05, 3.63) is 70.6 Å². The smallest absolute Gasteiger partial charge is 0.374 e. The monoisotopic (exact) mass is 525 g/mol. The first-order chi connectivity index (χ1) is 18.9. The van der Waals surface area contributed by atoms with Crippen LogP contribution in [0, 0.1) is 5.82 Å². The van der Waals surface area contributed by atoms with Crippen LogP contribution in [-0.2, 0) is 7.05 Å². The summed E-state index contributed by atoms with van der Waals surface area (Å²) in [6, 6.07) is 13.8. The Morgan fingerprint density at radius 2 is 2.03 bits per heavy atom. The zero-order chi connectivity index (χ0) is 26.8. The minimum atomic E-state index is -0.963. The summed E-state index contributed by atoms with van der Waals surface area (Å²) in [5, 5.41) is 12.9. The molecule has 39 heavy (non-hydrogen) atoms. The van der Waals surface area contributed by atoms with E-state index in [0.29, 0.717) is 46.8 Å². The molecule has 2 aromatic carbocycles. The van der Waals surface area contributed by atoms with E-state index in [1.807, 2.05) is 40.9 Å².